The maximum atomic E-state index is 11.4. The van der Waals surface area contributed by atoms with Gasteiger partial charge in [-0.25, -0.2) is 0 Å². The number of halogens is 1. The fraction of sp³-hybridized carbons (Fsp3) is 0.857. The molecule has 42 heavy (non-hydrogen) atoms. The van der Waals surface area contributed by atoms with E-state index in [9.17, 15) is 4.79 Å². The van der Waals surface area contributed by atoms with Crippen molar-refractivity contribution in [1.29, 1.82) is 0 Å². The maximum absolute atomic E-state index is 11.4. The van der Waals surface area contributed by atoms with Gasteiger partial charge >= 0.3 is 5.97 Å². The van der Waals surface area contributed by atoms with Crippen molar-refractivity contribution in [3.05, 3.63) is 24.3 Å². The first kappa shape index (κ1) is 37.8. The summed E-state index contributed by atoms with van der Waals surface area (Å²) in [7, 11) is -2.40. The van der Waals surface area contributed by atoms with Crippen LogP contribution >= 0.6 is 11.6 Å². The molecule has 0 amide bonds. The quantitative estimate of drug-likeness (QED) is 0.0587. The van der Waals surface area contributed by atoms with Gasteiger partial charge in [0.25, 0.3) is 0 Å². The van der Waals surface area contributed by atoms with Crippen molar-refractivity contribution < 1.29 is 18.4 Å². The average Bonchev–Trinajstić information content (AvgIpc) is 3.12. The molecule has 0 heterocycles. The second kappa shape index (κ2) is 15.3. The first-order chi connectivity index (χ1) is 19.3. The average molecular weight is 642 g/mol. The minimum absolute atomic E-state index is 0.0852. The smallest absolute Gasteiger partial charge is 0.305 e. The highest BCUT2D eigenvalue weighted by atomic mass is 35.5. The number of carbonyl (C=O) groups is 1. The Labute approximate surface area is 267 Å². The highest BCUT2D eigenvalue weighted by Gasteiger charge is 2.49. The molecule has 7 heteroatoms. The van der Waals surface area contributed by atoms with Crippen molar-refractivity contribution in [1.82, 2.24) is 0 Å². The summed E-state index contributed by atoms with van der Waals surface area (Å²) < 4.78 is 19.0. The van der Waals surface area contributed by atoms with Crippen LogP contribution in [0.4, 0.5) is 0 Å². The lowest BCUT2D eigenvalue weighted by Crippen LogP contribution is -2.51. The summed E-state index contributed by atoms with van der Waals surface area (Å²) in [6, 6.07) is 0. The number of hydrogen-bond acceptors (Lipinski definition) is 4. The molecule has 2 aliphatic rings. The topological polar surface area (TPSA) is 44.8 Å². The van der Waals surface area contributed by atoms with Crippen LogP contribution in [0, 0.1) is 17.3 Å². The first-order valence-corrected chi connectivity index (χ1v) is 22.9. The molecule has 0 aromatic rings. The number of allylic oxidation sites excluding steroid dienone is 2. The zero-order chi connectivity index (χ0) is 32.0. The van der Waals surface area contributed by atoms with Gasteiger partial charge in [0, 0.05) is 17.7 Å². The minimum atomic E-state index is -1.95. The Hall–Kier alpha value is -0.406. The highest BCUT2D eigenvalue weighted by Crippen LogP contribution is 2.52. The predicted octanol–water partition coefficient (Wildman–Crippen LogP) is 10.8. The monoisotopic (exact) mass is 640 g/mol. The lowest BCUT2D eigenvalue weighted by molar-refractivity contribution is -0.140. The van der Waals surface area contributed by atoms with Crippen LogP contribution in [0.5, 0.6) is 0 Å². The van der Waals surface area contributed by atoms with Crippen LogP contribution in [-0.4, -0.2) is 47.3 Å². The van der Waals surface area contributed by atoms with Crippen molar-refractivity contribution in [2.45, 2.75) is 167 Å². The van der Waals surface area contributed by atoms with Gasteiger partial charge in [0.15, 0.2) is 16.6 Å². The third-order valence-corrected chi connectivity index (χ3v) is 20.8. The van der Waals surface area contributed by atoms with E-state index in [0.29, 0.717) is 17.8 Å². The summed E-state index contributed by atoms with van der Waals surface area (Å²) >= 11 is 7.10. The molecule has 0 N–H and O–H groups in total. The van der Waals surface area contributed by atoms with Gasteiger partial charge in [-0.05, 0) is 99.0 Å². The second-order valence-electron chi connectivity index (χ2n) is 16.2. The highest BCUT2D eigenvalue weighted by molar-refractivity contribution is 6.74. The van der Waals surface area contributed by atoms with Crippen molar-refractivity contribution in [3.8, 4) is 0 Å². The zero-order valence-corrected chi connectivity index (χ0v) is 32.0. The minimum Gasteiger partial charge on any atom is -0.469 e. The van der Waals surface area contributed by atoms with Crippen LogP contribution in [-0.2, 0) is 18.4 Å². The van der Waals surface area contributed by atoms with Gasteiger partial charge in [-0.2, -0.15) is 0 Å². The normalized spacial score (nSPS) is 26.1. The maximum Gasteiger partial charge on any atom is 0.305 e. The second-order valence-corrected chi connectivity index (χ2v) is 26.3. The first-order valence-electron chi connectivity index (χ1n) is 16.7. The molecular weight excluding hydrogens is 576 g/mol. The van der Waals surface area contributed by atoms with E-state index >= 15 is 0 Å². The Morgan fingerprint density at radius 1 is 1.00 bits per heavy atom. The number of carbonyl (C=O) groups excluding carboxylic acids is 1. The van der Waals surface area contributed by atoms with Crippen molar-refractivity contribution in [3.63, 3.8) is 0 Å². The van der Waals surface area contributed by atoms with Crippen LogP contribution in [0.3, 0.4) is 0 Å². The van der Waals surface area contributed by atoms with Gasteiger partial charge in [0.05, 0.1) is 19.3 Å². The number of ether oxygens (including phenoxy) is 1. The van der Waals surface area contributed by atoms with Gasteiger partial charge in [0.2, 0.25) is 0 Å². The number of alkyl halides is 1. The molecule has 1 unspecified atom stereocenters. The van der Waals surface area contributed by atoms with Crippen LogP contribution in [0.2, 0.25) is 36.3 Å². The van der Waals surface area contributed by atoms with E-state index in [1.807, 2.05) is 0 Å². The Balaban J connectivity index is 2.27. The molecule has 0 bridgehead atoms. The SMILES string of the molecule is CCC1(C(CC=C[C@@H]2[C@@H](CC=CCCCC(=O)OC)[C@H](Cl)C[C@H]2O[Si](C)(C)C(C)(C)C)O[Si](C)(C)C(C)(C)C)CCC1. The summed E-state index contributed by atoms with van der Waals surface area (Å²) in [6.45, 7) is 25.9. The summed E-state index contributed by atoms with van der Waals surface area (Å²) in [4.78, 5) is 11.4. The van der Waals surface area contributed by atoms with E-state index in [1.165, 1.54) is 32.8 Å². The molecule has 0 aliphatic heterocycles. The lowest BCUT2D eigenvalue weighted by atomic mass is 9.63. The van der Waals surface area contributed by atoms with Crippen LogP contribution < -0.4 is 0 Å². The number of esters is 1. The Kier molecular flexibility index (Phi) is 13.7. The van der Waals surface area contributed by atoms with E-state index in [0.717, 1.165) is 32.1 Å². The molecule has 4 nitrogen and oxygen atoms in total. The summed E-state index contributed by atoms with van der Waals surface area (Å²) in [5.74, 6) is 0.477. The Morgan fingerprint density at radius 3 is 2.12 bits per heavy atom. The van der Waals surface area contributed by atoms with E-state index in [2.05, 4.69) is 99.0 Å². The molecule has 0 aromatic carbocycles. The number of hydrogen-bond donors (Lipinski definition) is 0. The van der Waals surface area contributed by atoms with Gasteiger partial charge < -0.3 is 13.6 Å². The summed E-state index contributed by atoms with van der Waals surface area (Å²) in [6.07, 6.45) is 19.8. The molecule has 2 rings (SSSR count). The summed E-state index contributed by atoms with van der Waals surface area (Å²) in [5, 5.41) is 0.434. The fourth-order valence-corrected chi connectivity index (χ4v) is 9.23. The third-order valence-electron chi connectivity index (χ3n) is 11.3. The number of methoxy groups -OCH3 is 1. The number of unbranched alkanes of at least 4 members (excludes halogenated alkanes) is 1. The number of rotatable bonds is 15. The molecular formula is C35H65ClO4Si2. The lowest BCUT2D eigenvalue weighted by Gasteiger charge is -2.51. The van der Waals surface area contributed by atoms with Gasteiger partial charge in [0.1, 0.15) is 0 Å². The fourth-order valence-electron chi connectivity index (χ4n) is 6.01. The van der Waals surface area contributed by atoms with Crippen molar-refractivity contribution >= 4 is 34.2 Å². The zero-order valence-electron chi connectivity index (χ0n) is 29.3. The van der Waals surface area contributed by atoms with E-state index in [4.69, 9.17) is 25.2 Å². The van der Waals surface area contributed by atoms with E-state index in [1.54, 1.807) is 0 Å². The van der Waals surface area contributed by atoms with E-state index in [-0.39, 0.29) is 39.5 Å². The Bertz CT molecular complexity index is 905. The van der Waals surface area contributed by atoms with Gasteiger partial charge in [-0.1, -0.05) is 79.2 Å². The van der Waals surface area contributed by atoms with Crippen LogP contribution in [0.15, 0.2) is 24.3 Å². The molecule has 2 saturated carbocycles. The molecule has 5 atom stereocenters. The van der Waals surface area contributed by atoms with Gasteiger partial charge in [-0.15, -0.1) is 11.6 Å². The molecule has 2 aliphatic carbocycles. The molecule has 0 radical (unpaired) electrons. The Morgan fingerprint density at radius 2 is 1.62 bits per heavy atom. The summed E-state index contributed by atoms with van der Waals surface area (Å²) in [5.41, 5.74) is 0.313. The molecule has 0 spiro atoms. The molecule has 0 aromatic heterocycles. The van der Waals surface area contributed by atoms with E-state index < -0.39 is 16.6 Å². The van der Waals surface area contributed by atoms with Crippen LogP contribution in [0.25, 0.3) is 0 Å². The molecule has 2 fully saturated rings. The van der Waals surface area contributed by atoms with Crippen molar-refractivity contribution in [2.75, 3.05) is 7.11 Å². The standard InChI is InChI=1S/C35H65ClO4Si2/c1-13-35(24-19-25-35)31(40-42(11,12)34(5,6)7)22-18-21-28-27(20-16-14-15-17-23-32(37)38-8)29(36)26-30(28)39-41(9,10)33(2,3)4/h14,16,18,21,27-31H,13,15,17,19-20,22-26H2,1-12H3/t27-,28-,29-,30-,31?/m1/s1. The third kappa shape index (κ3) is 9.80. The van der Waals surface area contributed by atoms with Crippen LogP contribution in [0.1, 0.15) is 113 Å². The van der Waals surface area contributed by atoms with Crippen molar-refractivity contribution in [2.24, 2.45) is 17.3 Å². The van der Waals surface area contributed by atoms with Gasteiger partial charge in [-0.3, -0.25) is 4.79 Å². The molecule has 244 valence electrons. The molecule has 0 saturated heterocycles. The predicted molar refractivity (Wildman–Crippen MR) is 185 cm³/mol. The largest absolute Gasteiger partial charge is 0.469 e.